The van der Waals surface area contributed by atoms with Gasteiger partial charge in [-0.2, -0.15) is 0 Å². The van der Waals surface area contributed by atoms with E-state index in [-0.39, 0.29) is 11.9 Å². The third-order valence-electron chi connectivity index (χ3n) is 3.32. The van der Waals surface area contributed by atoms with Gasteiger partial charge in [-0.25, -0.2) is 9.97 Å². The van der Waals surface area contributed by atoms with Crippen LogP contribution in [0.25, 0.3) is 0 Å². The Morgan fingerprint density at radius 3 is 2.85 bits per heavy atom. The minimum Gasteiger partial charge on any atom is -0.369 e. The topological polar surface area (TPSA) is 75.2 Å². The zero-order chi connectivity index (χ0) is 14.7. The van der Waals surface area contributed by atoms with Crippen molar-refractivity contribution in [1.82, 2.24) is 14.9 Å². The van der Waals surface area contributed by atoms with Crippen LogP contribution >= 0.6 is 0 Å². The minimum absolute atomic E-state index is 0.0649. The number of hydrogen-bond donors (Lipinski definition) is 1. The van der Waals surface area contributed by atoms with Crippen LogP contribution in [0, 0.1) is 6.92 Å². The van der Waals surface area contributed by atoms with Crippen LogP contribution in [0.4, 0.5) is 5.82 Å². The van der Waals surface area contributed by atoms with Gasteiger partial charge in [-0.1, -0.05) is 0 Å². The van der Waals surface area contributed by atoms with E-state index in [1.807, 2.05) is 17.9 Å². The Hall–Kier alpha value is -1.50. The van der Waals surface area contributed by atoms with Crippen molar-refractivity contribution in [3.63, 3.8) is 0 Å². The molecule has 2 heterocycles. The molecule has 0 aliphatic carbocycles. The highest BCUT2D eigenvalue weighted by Crippen LogP contribution is 2.32. The van der Waals surface area contributed by atoms with Crippen molar-refractivity contribution in [2.45, 2.75) is 26.3 Å². The second-order valence-corrected chi connectivity index (χ2v) is 6.50. The molecule has 1 amide bonds. The van der Waals surface area contributed by atoms with Gasteiger partial charge in [0.15, 0.2) is 0 Å². The van der Waals surface area contributed by atoms with Crippen LogP contribution in [0.15, 0.2) is 6.07 Å². The fourth-order valence-corrected chi connectivity index (χ4v) is 2.64. The normalized spacial score (nSPS) is 19.4. The largest absolute Gasteiger partial charge is 0.369 e. The monoisotopic (exact) mass is 296 g/mol. The van der Waals surface area contributed by atoms with E-state index < -0.39 is 10.8 Å². The van der Waals surface area contributed by atoms with Gasteiger partial charge in [-0.3, -0.25) is 9.00 Å². The molecule has 0 aromatic carbocycles. The predicted molar refractivity (Wildman–Crippen MR) is 78.9 cm³/mol. The van der Waals surface area contributed by atoms with Gasteiger partial charge in [0.2, 0.25) is 5.91 Å². The first-order valence-corrected chi connectivity index (χ1v) is 8.37. The summed E-state index contributed by atoms with van der Waals surface area (Å²) in [6, 6.07) is 1.95. The molecule has 1 aliphatic heterocycles. The molecule has 1 aromatic heterocycles. The van der Waals surface area contributed by atoms with Crippen LogP contribution in [0.2, 0.25) is 0 Å². The Morgan fingerprint density at radius 1 is 1.55 bits per heavy atom. The summed E-state index contributed by atoms with van der Waals surface area (Å²) in [5.41, 5.74) is 0.874. The van der Waals surface area contributed by atoms with Crippen molar-refractivity contribution in [3.8, 4) is 0 Å². The molecule has 1 N–H and O–H groups in total. The highest BCUT2D eigenvalue weighted by molar-refractivity contribution is 7.84. The van der Waals surface area contributed by atoms with Crippen molar-refractivity contribution < 1.29 is 9.00 Å². The number of nitrogens with zero attached hydrogens (tertiary/aromatic N) is 3. The summed E-state index contributed by atoms with van der Waals surface area (Å²) < 4.78 is 11.0. The minimum atomic E-state index is -0.820. The van der Waals surface area contributed by atoms with Crippen LogP contribution in [-0.2, 0) is 15.6 Å². The van der Waals surface area contributed by atoms with Crippen molar-refractivity contribution in [2.24, 2.45) is 0 Å². The molecule has 0 unspecified atom stereocenters. The Bertz CT molecular complexity index is 535. The Kier molecular flexibility index (Phi) is 4.69. The van der Waals surface area contributed by atoms with Gasteiger partial charge in [0.1, 0.15) is 11.6 Å². The number of carbonyl (C=O) groups is 1. The number of rotatable bonds is 5. The molecule has 20 heavy (non-hydrogen) atoms. The Morgan fingerprint density at radius 2 is 2.30 bits per heavy atom. The van der Waals surface area contributed by atoms with E-state index in [1.165, 1.54) is 0 Å². The third kappa shape index (κ3) is 3.53. The number of amides is 1. The quantitative estimate of drug-likeness (QED) is 0.872. The van der Waals surface area contributed by atoms with Gasteiger partial charge in [-0.15, -0.1) is 0 Å². The van der Waals surface area contributed by atoms with E-state index in [0.29, 0.717) is 18.1 Å². The lowest BCUT2D eigenvalue weighted by Gasteiger charge is -2.40. The summed E-state index contributed by atoms with van der Waals surface area (Å²) in [5.74, 6) is 2.07. The smallest absolute Gasteiger partial charge is 0.220 e. The average Bonchev–Trinajstić information content (AvgIpc) is 2.24. The fraction of sp³-hybridized carbons (Fsp3) is 0.615. The molecule has 6 nitrogen and oxygen atoms in total. The van der Waals surface area contributed by atoms with Crippen molar-refractivity contribution in [3.05, 3.63) is 17.6 Å². The lowest BCUT2D eigenvalue weighted by Crippen LogP contribution is -2.44. The van der Waals surface area contributed by atoms with Gasteiger partial charge in [-0.05, 0) is 13.3 Å². The molecular weight excluding hydrogens is 276 g/mol. The maximum Gasteiger partial charge on any atom is 0.220 e. The van der Waals surface area contributed by atoms with Crippen LogP contribution < -0.4 is 5.32 Å². The van der Waals surface area contributed by atoms with Gasteiger partial charge < -0.3 is 10.2 Å². The SMILES string of the molecule is CC(=O)N1CC[C@@H]1c1cc(NCC[S@](C)=O)nc(C)n1. The van der Waals surface area contributed by atoms with E-state index >= 15 is 0 Å². The van der Waals surface area contributed by atoms with E-state index in [2.05, 4.69) is 15.3 Å². The first-order valence-electron chi connectivity index (χ1n) is 6.64. The first-order chi connectivity index (χ1) is 9.47. The van der Waals surface area contributed by atoms with E-state index in [9.17, 15) is 9.00 Å². The summed E-state index contributed by atoms with van der Waals surface area (Å²) in [4.78, 5) is 22.0. The van der Waals surface area contributed by atoms with E-state index in [4.69, 9.17) is 0 Å². The molecule has 1 aliphatic rings. The van der Waals surface area contributed by atoms with Crippen LogP contribution in [0.5, 0.6) is 0 Å². The zero-order valence-corrected chi connectivity index (χ0v) is 12.9. The predicted octanol–water partition coefficient (Wildman–Crippen LogP) is 0.869. The number of aryl methyl sites for hydroxylation is 1. The second-order valence-electron chi connectivity index (χ2n) is 4.95. The fourth-order valence-electron chi connectivity index (χ4n) is 2.25. The van der Waals surface area contributed by atoms with Gasteiger partial charge in [0.25, 0.3) is 0 Å². The van der Waals surface area contributed by atoms with Crippen LogP contribution in [0.3, 0.4) is 0 Å². The molecule has 0 spiro atoms. The molecule has 1 saturated heterocycles. The highest BCUT2D eigenvalue weighted by Gasteiger charge is 2.32. The molecular formula is C13H20N4O2S. The van der Waals surface area contributed by atoms with Crippen molar-refractivity contribution >= 4 is 22.5 Å². The summed E-state index contributed by atoms with van der Waals surface area (Å²) in [5, 5.41) is 3.16. The Labute approximate surface area is 121 Å². The van der Waals surface area contributed by atoms with Crippen molar-refractivity contribution in [2.75, 3.05) is 30.4 Å². The molecule has 7 heteroatoms. The maximum absolute atomic E-state index is 11.5. The summed E-state index contributed by atoms with van der Waals surface area (Å²) in [6.45, 7) is 4.82. The summed E-state index contributed by atoms with van der Waals surface area (Å²) in [6.07, 6.45) is 2.62. The van der Waals surface area contributed by atoms with E-state index in [1.54, 1.807) is 13.2 Å². The van der Waals surface area contributed by atoms with Gasteiger partial charge >= 0.3 is 0 Å². The number of aromatic nitrogens is 2. The lowest BCUT2D eigenvalue weighted by molar-refractivity contribution is -0.136. The number of likely N-dealkylation sites (tertiary alicyclic amines) is 1. The van der Waals surface area contributed by atoms with Gasteiger partial charge in [0.05, 0.1) is 11.7 Å². The van der Waals surface area contributed by atoms with Crippen LogP contribution in [-0.4, -0.2) is 50.1 Å². The number of carbonyl (C=O) groups excluding carboxylic acids is 1. The van der Waals surface area contributed by atoms with E-state index in [0.717, 1.165) is 24.5 Å². The molecule has 0 bridgehead atoms. The zero-order valence-electron chi connectivity index (χ0n) is 12.0. The molecule has 2 atom stereocenters. The van der Waals surface area contributed by atoms with Gasteiger partial charge in [0, 0.05) is 48.9 Å². The molecule has 2 rings (SSSR count). The van der Waals surface area contributed by atoms with Crippen LogP contribution in [0.1, 0.15) is 30.9 Å². The number of anilines is 1. The molecule has 1 fully saturated rings. The molecule has 110 valence electrons. The third-order valence-corrected chi connectivity index (χ3v) is 4.10. The molecule has 0 saturated carbocycles. The standard InChI is InChI=1S/C13H20N4O2S/c1-9-15-11(12-4-6-17(12)10(2)18)8-13(16-9)14-5-7-20(3)19/h8,12H,4-7H2,1-3H3,(H,14,15,16)/t12-,20+/m1/s1. The second kappa shape index (κ2) is 6.30. The molecule has 0 radical (unpaired) electrons. The highest BCUT2D eigenvalue weighted by atomic mass is 32.2. The number of nitrogens with one attached hydrogen (secondary N) is 1. The van der Waals surface area contributed by atoms with Crippen molar-refractivity contribution in [1.29, 1.82) is 0 Å². The maximum atomic E-state index is 11.5. The lowest BCUT2D eigenvalue weighted by atomic mass is 9.99. The Balaban J connectivity index is 2.08. The number of hydrogen-bond acceptors (Lipinski definition) is 5. The summed E-state index contributed by atoms with van der Waals surface area (Å²) >= 11 is 0. The first kappa shape index (κ1) is 14.9. The molecule has 1 aromatic rings. The summed E-state index contributed by atoms with van der Waals surface area (Å²) in [7, 11) is -0.820. The average molecular weight is 296 g/mol.